The number of ether oxygens (including phenoxy) is 1. The first-order valence-electron chi connectivity index (χ1n) is 10.2. The monoisotopic (exact) mass is 430 g/mol. The van der Waals surface area contributed by atoms with E-state index in [9.17, 15) is 13.2 Å². The lowest BCUT2D eigenvalue weighted by molar-refractivity contribution is 0.102. The van der Waals surface area contributed by atoms with Crippen molar-refractivity contribution in [2.45, 2.75) is 45.1 Å². The lowest BCUT2D eigenvalue weighted by atomic mass is 10.0. The van der Waals surface area contributed by atoms with Crippen LogP contribution in [0.15, 0.2) is 41.3 Å². The van der Waals surface area contributed by atoms with Gasteiger partial charge in [-0.25, -0.2) is 8.42 Å². The van der Waals surface area contributed by atoms with E-state index in [1.54, 1.807) is 30.5 Å². The van der Waals surface area contributed by atoms with Gasteiger partial charge in [0.2, 0.25) is 10.0 Å². The van der Waals surface area contributed by atoms with Gasteiger partial charge in [-0.15, -0.1) is 0 Å². The van der Waals surface area contributed by atoms with E-state index in [1.807, 2.05) is 25.1 Å². The minimum absolute atomic E-state index is 0.215. The van der Waals surface area contributed by atoms with Gasteiger partial charge < -0.3 is 10.1 Å². The highest BCUT2D eigenvalue weighted by Crippen LogP contribution is 2.28. The molecule has 1 fully saturated rings. The number of amides is 1. The molecule has 162 valence electrons. The third kappa shape index (κ3) is 4.74. The topological polar surface area (TPSA) is 75.7 Å². The summed E-state index contributed by atoms with van der Waals surface area (Å²) in [5, 5.41) is 2.89. The van der Waals surface area contributed by atoms with Crippen molar-refractivity contribution in [3.05, 3.63) is 58.7 Å². The zero-order valence-electron chi connectivity index (χ0n) is 18.1. The SMILES string of the molecule is COCc1ccccc1NC(=O)c1cc(C)c(C)c(S(=O)(=O)N2CCC(C)CC2)c1. The number of carbonyl (C=O) groups excluding carboxylic acids is 1. The van der Waals surface area contributed by atoms with E-state index in [0.717, 1.165) is 24.0 Å². The number of aryl methyl sites for hydroxylation is 1. The van der Waals surface area contributed by atoms with E-state index in [-0.39, 0.29) is 10.8 Å². The number of sulfonamides is 1. The smallest absolute Gasteiger partial charge is 0.255 e. The molecule has 1 aliphatic rings. The molecular formula is C23H30N2O4S. The van der Waals surface area contributed by atoms with Gasteiger partial charge in [0.25, 0.3) is 5.91 Å². The zero-order valence-corrected chi connectivity index (χ0v) is 18.9. The molecule has 1 aliphatic heterocycles. The van der Waals surface area contributed by atoms with E-state index in [0.29, 0.717) is 42.4 Å². The molecule has 0 aliphatic carbocycles. The second-order valence-corrected chi connectivity index (χ2v) is 9.95. The number of anilines is 1. The highest BCUT2D eigenvalue weighted by Gasteiger charge is 2.30. The molecule has 0 atom stereocenters. The minimum atomic E-state index is -3.65. The molecule has 0 spiro atoms. The molecule has 0 bridgehead atoms. The van der Waals surface area contributed by atoms with Crippen LogP contribution in [0.25, 0.3) is 0 Å². The number of para-hydroxylation sites is 1. The summed E-state index contributed by atoms with van der Waals surface area (Å²) in [5.41, 5.74) is 3.29. The number of methoxy groups -OCH3 is 1. The summed E-state index contributed by atoms with van der Waals surface area (Å²) in [6.07, 6.45) is 1.71. The molecule has 3 rings (SSSR count). The van der Waals surface area contributed by atoms with E-state index < -0.39 is 10.0 Å². The molecule has 0 unspecified atom stereocenters. The molecule has 1 saturated heterocycles. The zero-order chi connectivity index (χ0) is 21.9. The molecule has 0 saturated carbocycles. The molecule has 1 heterocycles. The van der Waals surface area contributed by atoms with Gasteiger partial charge in [-0.05, 0) is 61.9 Å². The van der Waals surface area contributed by atoms with Crippen LogP contribution in [0.5, 0.6) is 0 Å². The number of hydrogen-bond donors (Lipinski definition) is 1. The molecule has 0 aromatic heterocycles. The van der Waals surface area contributed by atoms with Gasteiger partial charge in [-0.1, -0.05) is 25.1 Å². The first kappa shape index (κ1) is 22.5. The Bertz CT molecular complexity index is 1030. The van der Waals surface area contributed by atoms with E-state index in [4.69, 9.17) is 4.74 Å². The molecule has 1 amide bonds. The summed E-state index contributed by atoms with van der Waals surface area (Å²) >= 11 is 0. The van der Waals surface area contributed by atoms with E-state index in [2.05, 4.69) is 12.2 Å². The van der Waals surface area contributed by atoms with Crippen LogP contribution in [0, 0.1) is 19.8 Å². The average Bonchev–Trinajstić information content (AvgIpc) is 2.71. The van der Waals surface area contributed by atoms with Crippen LogP contribution in [0.2, 0.25) is 0 Å². The van der Waals surface area contributed by atoms with Crippen molar-refractivity contribution < 1.29 is 17.9 Å². The standard InChI is InChI=1S/C23H30N2O4S/c1-16-9-11-25(12-10-16)30(27,28)22-14-20(13-17(2)18(22)3)23(26)24-21-8-6-5-7-19(21)15-29-4/h5-8,13-14,16H,9-12,15H2,1-4H3,(H,24,26). The minimum Gasteiger partial charge on any atom is -0.380 e. The largest absolute Gasteiger partial charge is 0.380 e. The molecule has 30 heavy (non-hydrogen) atoms. The normalized spacial score (nSPS) is 15.9. The molecule has 1 N–H and O–H groups in total. The van der Waals surface area contributed by atoms with Crippen LogP contribution in [-0.2, 0) is 21.4 Å². The van der Waals surface area contributed by atoms with Crippen LogP contribution in [0.1, 0.15) is 46.8 Å². The van der Waals surface area contributed by atoms with Gasteiger partial charge in [-0.2, -0.15) is 4.31 Å². The quantitative estimate of drug-likeness (QED) is 0.748. The van der Waals surface area contributed by atoms with Crippen molar-refractivity contribution in [3.63, 3.8) is 0 Å². The number of rotatable bonds is 6. The Kier molecular flexibility index (Phi) is 6.95. The number of benzene rings is 2. The number of hydrogen-bond acceptors (Lipinski definition) is 4. The van der Waals surface area contributed by atoms with Crippen molar-refractivity contribution in [1.29, 1.82) is 0 Å². The fourth-order valence-electron chi connectivity index (χ4n) is 3.71. The third-order valence-electron chi connectivity index (χ3n) is 5.81. The molecule has 2 aromatic carbocycles. The summed E-state index contributed by atoms with van der Waals surface area (Å²) in [7, 11) is -2.05. The van der Waals surface area contributed by atoms with Crippen LogP contribution >= 0.6 is 0 Å². The van der Waals surface area contributed by atoms with E-state index in [1.165, 1.54) is 6.07 Å². The Morgan fingerprint density at radius 3 is 2.50 bits per heavy atom. The second-order valence-electron chi connectivity index (χ2n) is 8.05. The summed E-state index contributed by atoms with van der Waals surface area (Å²) in [6, 6.07) is 10.6. The fraction of sp³-hybridized carbons (Fsp3) is 0.435. The van der Waals surface area contributed by atoms with Gasteiger partial charge in [0.05, 0.1) is 11.5 Å². The van der Waals surface area contributed by atoms with Crippen LogP contribution in [0.4, 0.5) is 5.69 Å². The predicted octanol–water partition coefficient (Wildman–Crippen LogP) is 4.12. The van der Waals surface area contributed by atoms with Crippen molar-refractivity contribution in [2.75, 3.05) is 25.5 Å². The Hall–Kier alpha value is -2.22. The Balaban J connectivity index is 1.92. The Morgan fingerprint density at radius 2 is 1.83 bits per heavy atom. The molecular weight excluding hydrogens is 400 g/mol. The van der Waals surface area contributed by atoms with Crippen molar-refractivity contribution in [3.8, 4) is 0 Å². The van der Waals surface area contributed by atoms with Gasteiger partial charge in [0, 0.05) is 37.0 Å². The second kappa shape index (κ2) is 9.29. The predicted molar refractivity (Wildman–Crippen MR) is 118 cm³/mol. The fourth-order valence-corrected chi connectivity index (χ4v) is 5.50. The highest BCUT2D eigenvalue weighted by atomic mass is 32.2. The Labute approximate surface area is 179 Å². The molecule has 6 nitrogen and oxygen atoms in total. The summed E-state index contributed by atoms with van der Waals surface area (Å²) in [6.45, 7) is 7.18. The molecule has 2 aromatic rings. The maximum Gasteiger partial charge on any atom is 0.255 e. The first-order chi connectivity index (χ1) is 14.2. The van der Waals surface area contributed by atoms with Gasteiger partial charge in [0.15, 0.2) is 0 Å². The summed E-state index contributed by atoms with van der Waals surface area (Å²) in [4.78, 5) is 13.2. The average molecular weight is 431 g/mol. The first-order valence-corrected chi connectivity index (χ1v) is 11.7. The lowest BCUT2D eigenvalue weighted by Gasteiger charge is -2.30. The number of piperidine rings is 1. The van der Waals surface area contributed by atoms with Gasteiger partial charge >= 0.3 is 0 Å². The van der Waals surface area contributed by atoms with Crippen molar-refractivity contribution in [2.24, 2.45) is 5.92 Å². The van der Waals surface area contributed by atoms with Crippen molar-refractivity contribution in [1.82, 2.24) is 4.31 Å². The molecule has 7 heteroatoms. The highest BCUT2D eigenvalue weighted by molar-refractivity contribution is 7.89. The van der Waals surface area contributed by atoms with Crippen LogP contribution < -0.4 is 5.32 Å². The number of carbonyl (C=O) groups is 1. The van der Waals surface area contributed by atoms with Gasteiger partial charge in [0.1, 0.15) is 0 Å². The van der Waals surface area contributed by atoms with Crippen LogP contribution in [0.3, 0.4) is 0 Å². The van der Waals surface area contributed by atoms with E-state index >= 15 is 0 Å². The number of nitrogens with zero attached hydrogens (tertiary/aromatic N) is 1. The third-order valence-corrected chi connectivity index (χ3v) is 7.83. The van der Waals surface area contributed by atoms with Gasteiger partial charge in [-0.3, -0.25) is 4.79 Å². The number of nitrogens with one attached hydrogen (secondary N) is 1. The Morgan fingerprint density at radius 1 is 1.17 bits per heavy atom. The van der Waals surface area contributed by atoms with Crippen molar-refractivity contribution >= 4 is 21.6 Å². The van der Waals surface area contributed by atoms with Crippen LogP contribution in [-0.4, -0.2) is 38.8 Å². The summed E-state index contributed by atoms with van der Waals surface area (Å²) < 4.78 is 33.4. The maximum atomic E-state index is 13.3. The summed E-state index contributed by atoms with van der Waals surface area (Å²) in [5.74, 6) is 0.189. The lowest BCUT2D eigenvalue weighted by Crippen LogP contribution is -2.38. The molecule has 0 radical (unpaired) electrons. The maximum absolute atomic E-state index is 13.3.